The summed E-state index contributed by atoms with van der Waals surface area (Å²) in [7, 11) is 0. The molecule has 0 spiro atoms. The number of rotatable bonds is 6. The fraction of sp³-hybridized carbons (Fsp3) is 0.341. The molecule has 0 bridgehead atoms. The van der Waals surface area contributed by atoms with Gasteiger partial charge in [0.15, 0.2) is 0 Å². The Hall–Kier alpha value is -7.56. The molecule has 0 radical (unpaired) electrons. The Morgan fingerprint density at radius 3 is 1.36 bits per heavy atom. The molecule has 2 heterocycles. The molecular weight excluding hydrogens is 1040 g/mol. The van der Waals surface area contributed by atoms with E-state index in [0.29, 0.717) is 0 Å². The van der Waals surface area contributed by atoms with E-state index in [1.807, 2.05) is 0 Å². The number of anilines is 9. The van der Waals surface area contributed by atoms with Crippen LogP contribution in [-0.4, -0.2) is 6.71 Å². The standard InChI is InChI=1S/C82H90BN3/c1-51-43-73-75-74(44-51)86(70-49-64-63(45-52(70)2)79(12,13)41-42-80(64,14)15)71-47-59(84(57-34-29-54(30-35-57)76(3,4)5)58-36-31-55(32-37-58)77(6,7)8)38-39-67(71)83(75)68-48-65-66(82(18,19)62-28-24-23-27-61(62)81(65,16)17)50-72(68)85(73)69-40-33-56(78(9,10)11)46-60(69)53-25-21-20-22-26-53/h20-40,43-50H,41-42H2,1-19H3. The predicted octanol–water partition coefficient (Wildman–Crippen LogP) is 20.7. The van der Waals surface area contributed by atoms with Crippen LogP contribution in [0.1, 0.15) is 192 Å². The van der Waals surface area contributed by atoms with Gasteiger partial charge in [0.05, 0.1) is 5.69 Å². The maximum Gasteiger partial charge on any atom is 0.252 e. The minimum Gasteiger partial charge on any atom is -0.311 e. The summed E-state index contributed by atoms with van der Waals surface area (Å²) in [5.74, 6) is 0. The highest BCUT2D eigenvalue weighted by Gasteiger charge is 2.49. The fourth-order valence-electron chi connectivity index (χ4n) is 15.4. The first-order chi connectivity index (χ1) is 40.4. The van der Waals surface area contributed by atoms with Gasteiger partial charge >= 0.3 is 0 Å². The molecule has 9 aromatic rings. The van der Waals surface area contributed by atoms with Gasteiger partial charge in [0, 0.05) is 61.9 Å². The van der Waals surface area contributed by atoms with Crippen LogP contribution in [0.25, 0.3) is 11.1 Å². The van der Waals surface area contributed by atoms with Crippen molar-refractivity contribution in [1.29, 1.82) is 0 Å². The van der Waals surface area contributed by atoms with E-state index in [2.05, 4.69) is 322 Å². The summed E-state index contributed by atoms with van der Waals surface area (Å²) in [4.78, 5) is 7.91. The Labute approximate surface area is 516 Å². The lowest BCUT2D eigenvalue weighted by Gasteiger charge is -2.49. The second-order valence-corrected chi connectivity index (χ2v) is 31.5. The van der Waals surface area contributed by atoms with Crippen LogP contribution in [0.5, 0.6) is 0 Å². The summed E-state index contributed by atoms with van der Waals surface area (Å²) >= 11 is 0. The smallest absolute Gasteiger partial charge is 0.252 e. The molecule has 9 aromatic carbocycles. The number of hydrogen-bond acceptors (Lipinski definition) is 3. The highest BCUT2D eigenvalue weighted by Crippen LogP contribution is 2.56. The molecule has 2 aliphatic carbocycles. The summed E-state index contributed by atoms with van der Waals surface area (Å²) in [5, 5.41) is 0. The molecule has 0 N–H and O–H groups in total. The maximum atomic E-state index is 2.71. The molecule has 0 fully saturated rings. The van der Waals surface area contributed by atoms with Crippen LogP contribution in [0, 0.1) is 13.8 Å². The summed E-state index contributed by atoms with van der Waals surface area (Å²) in [6, 6.07) is 69.5. The molecule has 0 saturated carbocycles. The lowest BCUT2D eigenvalue weighted by atomic mass is 9.33. The highest BCUT2D eigenvalue weighted by molar-refractivity contribution is 7.00. The lowest BCUT2D eigenvalue weighted by Crippen LogP contribution is -2.62. The number of hydrogen-bond donors (Lipinski definition) is 0. The summed E-state index contributed by atoms with van der Waals surface area (Å²) in [6.45, 7) is 45.2. The van der Waals surface area contributed by atoms with E-state index in [-0.39, 0.29) is 44.6 Å². The van der Waals surface area contributed by atoms with Gasteiger partial charge < -0.3 is 14.7 Å². The second-order valence-electron chi connectivity index (χ2n) is 31.5. The first-order valence-electron chi connectivity index (χ1n) is 31.9. The third-order valence-corrected chi connectivity index (χ3v) is 20.8. The Morgan fingerprint density at radius 1 is 0.372 bits per heavy atom. The van der Waals surface area contributed by atoms with Crippen molar-refractivity contribution in [3.05, 3.63) is 237 Å². The molecule has 0 atom stereocenters. The zero-order valence-corrected chi connectivity index (χ0v) is 55.1. The Balaban J connectivity index is 1.15. The summed E-state index contributed by atoms with van der Waals surface area (Å²) in [5.41, 5.74) is 31.8. The molecule has 4 aliphatic rings. The quantitative estimate of drug-likeness (QED) is 0.154. The minimum absolute atomic E-state index is 0.00133. The number of fused-ring (bicyclic) bond motifs is 7. The third kappa shape index (κ3) is 9.12. The van der Waals surface area contributed by atoms with Crippen molar-refractivity contribution in [3.8, 4) is 11.1 Å². The van der Waals surface area contributed by atoms with Gasteiger partial charge in [-0.3, -0.25) is 0 Å². The SMILES string of the molecule is Cc1cc2c3c(c1)N(c1ccc(C(C)(C)C)cc1-c1ccccc1)c1cc4c(cc1B3c1ccc(N(c3ccc(C(C)(C)C)cc3)c3ccc(C(C)(C)C)cc3)cc1N2c1cc2c(cc1C)C(C)(C)CCC2(C)C)C(C)(C)c1ccccc1C4(C)C. The number of aryl methyl sites for hydroxylation is 2. The second kappa shape index (κ2) is 19.5. The molecule has 2 aliphatic heterocycles. The van der Waals surface area contributed by atoms with Crippen LogP contribution in [-0.2, 0) is 37.9 Å². The Bertz CT molecular complexity index is 4130. The monoisotopic (exact) mass is 1130 g/mol. The normalized spacial score (nSPS) is 16.8. The van der Waals surface area contributed by atoms with Crippen molar-refractivity contribution in [3.63, 3.8) is 0 Å². The first-order valence-corrected chi connectivity index (χ1v) is 31.9. The van der Waals surface area contributed by atoms with E-state index in [1.165, 1.54) is 123 Å². The van der Waals surface area contributed by atoms with Gasteiger partial charge in [-0.05, 0) is 210 Å². The topological polar surface area (TPSA) is 9.72 Å². The van der Waals surface area contributed by atoms with Crippen LogP contribution < -0.4 is 31.1 Å². The Morgan fingerprint density at radius 2 is 0.826 bits per heavy atom. The van der Waals surface area contributed by atoms with Crippen molar-refractivity contribution < 1.29 is 0 Å². The zero-order chi connectivity index (χ0) is 61.2. The van der Waals surface area contributed by atoms with Crippen LogP contribution in [0.2, 0.25) is 0 Å². The molecule has 0 amide bonds. The van der Waals surface area contributed by atoms with Crippen molar-refractivity contribution in [2.24, 2.45) is 0 Å². The molecule has 4 heteroatoms. The molecule has 3 nitrogen and oxygen atoms in total. The predicted molar refractivity (Wildman–Crippen MR) is 372 cm³/mol. The molecule has 0 aromatic heterocycles. The van der Waals surface area contributed by atoms with Crippen LogP contribution in [0.4, 0.5) is 51.2 Å². The first kappa shape index (κ1) is 57.5. The fourth-order valence-corrected chi connectivity index (χ4v) is 15.4. The van der Waals surface area contributed by atoms with Crippen LogP contribution in [0.15, 0.2) is 176 Å². The molecule has 86 heavy (non-hydrogen) atoms. The van der Waals surface area contributed by atoms with E-state index in [4.69, 9.17) is 0 Å². The molecular formula is C82H90BN3. The van der Waals surface area contributed by atoms with Gasteiger partial charge in [0.25, 0.3) is 6.71 Å². The number of nitrogens with zero attached hydrogens (tertiary/aromatic N) is 3. The Kier molecular flexibility index (Phi) is 13.0. The highest BCUT2D eigenvalue weighted by atomic mass is 15.2. The van der Waals surface area contributed by atoms with Gasteiger partial charge in [-0.15, -0.1) is 0 Å². The van der Waals surface area contributed by atoms with Gasteiger partial charge in [-0.25, -0.2) is 0 Å². The van der Waals surface area contributed by atoms with Crippen molar-refractivity contribution in [2.75, 3.05) is 14.7 Å². The average molecular weight is 1130 g/mol. The zero-order valence-electron chi connectivity index (χ0n) is 55.1. The number of benzene rings is 9. The van der Waals surface area contributed by atoms with E-state index >= 15 is 0 Å². The van der Waals surface area contributed by atoms with E-state index in [0.717, 1.165) is 29.9 Å². The van der Waals surface area contributed by atoms with E-state index in [1.54, 1.807) is 0 Å². The molecule has 436 valence electrons. The van der Waals surface area contributed by atoms with Gasteiger partial charge in [-0.2, -0.15) is 0 Å². The van der Waals surface area contributed by atoms with Gasteiger partial charge in [0.2, 0.25) is 0 Å². The lowest BCUT2D eigenvalue weighted by molar-refractivity contribution is 0.332. The van der Waals surface area contributed by atoms with Crippen molar-refractivity contribution >= 4 is 74.3 Å². The maximum absolute atomic E-state index is 2.71. The van der Waals surface area contributed by atoms with E-state index < -0.39 is 0 Å². The van der Waals surface area contributed by atoms with Crippen molar-refractivity contribution in [1.82, 2.24) is 0 Å². The largest absolute Gasteiger partial charge is 0.311 e. The summed E-state index contributed by atoms with van der Waals surface area (Å²) in [6.07, 6.45) is 2.30. The van der Waals surface area contributed by atoms with Crippen LogP contribution in [0.3, 0.4) is 0 Å². The third-order valence-electron chi connectivity index (χ3n) is 20.8. The molecule has 13 rings (SSSR count). The van der Waals surface area contributed by atoms with Gasteiger partial charge in [-0.1, -0.05) is 221 Å². The van der Waals surface area contributed by atoms with Crippen molar-refractivity contribution in [2.45, 2.75) is 182 Å². The van der Waals surface area contributed by atoms with Crippen LogP contribution >= 0.6 is 0 Å². The molecule has 0 unspecified atom stereocenters. The van der Waals surface area contributed by atoms with E-state index in [9.17, 15) is 0 Å². The minimum atomic E-state index is -0.263. The molecule has 0 saturated heterocycles. The summed E-state index contributed by atoms with van der Waals surface area (Å²) < 4.78 is 0. The van der Waals surface area contributed by atoms with Gasteiger partial charge in [0.1, 0.15) is 0 Å². The average Bonchev–Trinajstić information content (AvgIpc) is 0.693.